The van der Waals surface area contributed by atoms with Crippen molar-refractivity contribution in [1.82, 2.24) is 24.9 Å². The largest absolute Gasteiger partial charge is 0.358 e. The van der Waals surface area contributed by atoms with Crippen molar-refractivity contribution < 1.29 is 0 Å². The van der Waals surface area contributed by atoms with Crippen molar-refractivity contribution in [3.05, 3.63) is 93.4 Å². The molecule has 2 heterocycles. The maximum atomic E-state index is 6.26. The summed E-state index contributed by atoms with van der Waals surface area (Å²) >= 11 is 18.0. The Morgan fingerprint density at radius 1 is 0.938 bits per heavy atom. The topological polar surface area (TPSA) is 59.7 Å². The summed E-state index contributed by atoms with van der Waals surface area (Å²) in [6.07, 6.45) is 1.85. The normalized spacial score (nSPS) is 10.9. The number of nitrogens with one attached hydrogen (secondary N) is 2. The first-order valence-electron chi connectivity index (χ1n) is 10.0. The van der Waals surface area contributed by atoms with E-state index in [-0.39, 0.29) is 0 Å². The van der Waals surface area contributed by atoms with E-state index in [1.54, 1.807) is 4.68 Å². The fourth-order valence-electron chi connectivity index (χ4n) is 3.44. The summed E-state index contributed by atoms with van der Waals surface area (Å²) in [6.45, 7) is 5.09. The van der Waals surface area contributed by atoms with Crippen LogP contribution in [0.25, 0.3) is 5.69 Å². The summed E-state index contributed by atoms with van der Waals surface area (Å²) in [5.41, 5.74) is 5.00. The fourth-order valence-corrected chi connectivity index (χ4v) is 4.14. The Morgan fingerprint density at radius 2 is 1.66 bits per heavy atom. The van der Waals surface area contributed by atoms with Crippen LogP contribution in [-0.2, 0) is 13.1 Å². The number of thiocarbonyl (C=S) groups is 1. The van der Waals surface area contributed by atoms with Crippen molar-refractivity contribution in [3.8, 4) is 5.69 Å². The highest BCUT2D eigenvalue weighted by atomic mass is 35.5. The molecule has 0 spiro atoms. The van der Waals surface area contributed by atoms with Crippen molar-refractivity contribution in [2.45, 2.75) is 26.9 Å². The van der Waals surface area contributed by atoms with Crippen LogP contribution in [-0.4, -0.2) is 24.7 Å². The van der Waals surface area contributed by atoms with E-state index in [0.717, 1.165) is 28.2 Å². The monoisotopic (exact) mass is 484 g/mol. The van der Waals surface area contributed by atoms with Gasteiger partial charge in [-0.15, -0.1) is 0 Å². The van der Waals surface area contributed by atoms with E-state index in [9.17, 15) is 0 Å². The number of anilines is 1. The number of hydrogen-bond acceptors (Lipinski definition) is 3. The van der Waals surface area contributed by atoms with Crippen LogP contribution >= 0.6 is 35.4 Å². The van der Waals surface area contributed by atoms with Gasteiger partial charge in [-0.25, -0.2) is 4.68 Å². The van der Waals surface area contributed by atoms with Crippen LogP contribution < -0.4 is 10.6 Å². The standard InChI is InChI=1S/C23H22Cl2N6S/c1-15-18(16(2)31(28-15)17-7-4-3-5-8-17)13-26-23(32)27-22-11-12-30(29-22)14-19-20(24)9-6-10-21(19)25/h3-12H,13-14H2,1-2H3,(H2,26,27,29,32). The third-order valence-corrected chi connectivity index (χ3v) is 6.09. The Kier molecular flexibility index (Phi) is 6.79. The van der Waals surface area contributed by atoms with Crippen molar-refractivity contribution in [3.63, 3.8) is 0 Å². The zero-order chi connectivity index (χ0) is 22.7. The highest BCUT2D eigenvalue weighted by Crippen LogP contribution is 2.25. The second kappa shape index (κ2) is 9.73. The van der Waals surface area contributed by atoms with Crippen LogP contribution in [0.2, 0.25) is 10.0 Å². The molecule has 2 aromatic heterocycles. The molecule has 4 aromatic rings. The lowest BCUT2D eigenvalue weighted by molar-refractivity contribution is 0.690. The highest BCUT2D eigenvalue weighted by Gasteiger charge is 2.13. The first kappa shape index (κ1) is 22.3. The van der Waals surface area contributed by atoms with Gasteiger partial charge in [0.25, 0.3) is 0 Å². The Balaban J connectivity index is 1.38. The molecule has 0 aliphatic carbocycles. The average molecular weight is 485 g/mol. The van der Waals surface area contributed by atoms with Gasteiger partial charge < -0.3 is 10.6 Å². The first-order chi connectivity index (χ1) is 15.4. The fraction of sp³-hybridized carbons (Fsp3) is 0.174. The Labute approximate surface area is 202 Å². The summed E-state index contributed by atoms with van der Waals surface area (Å²) in [6, 6.07) is 17.4. The van der Waals surface area contributed by atoms with Gasteiger partial charge in [0.1, 0.15) is 0 Å². The molecule has 2 N–H and O–H groups in total. The molecule has 0 radical (unpaired) electrons. The lowest BCUT2D eigenvalue weighted by Crippen LogP contribution is -2.28. The van der Waals surface area contributed by atoms with E-state index in [4.69, 9.17) is 35.4 Å². The van der Waals surface area contributed by atoms with Gasteiger partial charge >= 0.3 is 0 Å². The van der Waals surface area contributed by atoms with Gasteiger partial charge in [0.05, 0.1) is 17.9 Å². The molecule has 6 nitrogen and oxygen atoms in total. The molecule has 0 aliphatic heterocycles. The van der Waals surface area contributed by atoms with Crippen molar-refractivity contribution in [2.24, 2.45) is 0 Å². The summed E-state index contributed by atoms with van der Waals surface area (Å²) in [5, 5.41) is 17.3. The Hall–Kier alpha value is -2.87. The van der Waals surface area contributed by atoms with Gasteiger partial charge in [-0.2, -0.15) is 10.2 Å². The number of hydrogen-bond donors (Lipinski definition) is 2. The van der Waals surface area contributed by atoms with Gasteiger partial charge in [-0.1, -0.05) is 47.5 Å². The molecule has 32 heavy (non-hydrogen) atoms. The van der Waals surface area contributed by atoms with Crippen LogP contribution in [0, 0.1) is 13.8 Å². The second-order valence-electron chi connectivity index (χ2n) is 7.30. The molecular weight excluding hydrogens is 463 g/mol. The molecular formula is C23H22Cl2N6S. The van der Waals surface area contributed by atoms with Crippen LogP contribution in [0.3, 0.4) is 0 Å². The molecule has 2 aromatic carbocycles. The molecule has 0 saturated carbocycles. The van der Waals surface area contributed by atoms with Crippen LogP contribution in [0.1, 0.15) is 22.5 Å². The van der Waals surface area contributed by atoms with E-state index in [1.807, 2.05) is 72.4 Å². The average Bonchev–Trinajstić information content (AvgIpc) is 3.33. The van der Waals surface area contributed by atoms with Gasteiger partial charge in [0, 0.05) is 45.7 Å². The van der Waals surface area contributed by atoms with Gasteiger partial charge in [-0.3, -0.25) is 4.68 Å². The summed E-state index contributed by atoms with van der Waals surface area (Å²) < 4.78 is 3.71. The molecule has 0 unspecified atom stereocenters. The summed E-state index contributed by atoms with van der Waals surface area (Å²) in [7, 11) is 0. The van der Waals surface area contributed by atoms with Gasteiger partial charge in [0.2, 0.25) is 0 Å². The molecule has 164 valence electrons. The van der Waals surface area contributed by atoms with E-state index in [0.29, 0.717) is 34.1 Å². The maximum absolute atomic E-state index is 6.26. The Morgan fingerprint density at radius 3 is 2.38 bits per heavy atom. The van der Waals surface area contributed by atoms with E-state index >= 15 is 0 Å². The SMILES string of the molecule is Cc1nn(-c2ccccc2)c(C)c1CNC(=S)Nc1ccn(Cc2c(Cl)cccc2Cl)n1. The van der Waals surface area contributed by atoms with E-state index in [1.165, 1.54) is 0 Å². The zero-order valence-corrected chi connectivity index (χ0v) is 20.0. The van der Waals surface area contributed by atoms with Crippen molar-refractivity contribution >= 4 is 46.4 Å². The maximum Gasteiger partial charge on any atom is 0.172 e. The van der Waals surface area contributed by atoms with Crippen LogP contribution in [0.5, 0.6) is 0 Å². The van der Waals surface area contributed by atoms with Gasteiger partial charge in [0.15, 0.2) is 10.9 Å². The van der Waals surface area contributed by atoms with Crippen LogP contribution in [0.4, 0.5) is 5.82 Å². The van der Waals surface area contributed by atoms with E-state index < -0.39 is 0 Å². The third kappa shape index (κ3) is 4.96. The predicted molar refractivity (Wildman–Crippen MR) is 134 cm³/mol. The number of halogens is 2. The summed E-state index contributed by atoms with van der Waals surface area (Å²) in [5.74, 6) is 0.638. The molecule has 9 heteroatoms. The minimum absolute atomic E-state index is 0.470. The first-order valence-corrected chi connectivity index (χ1v) is 11.2. The molecule has 4 rings (SSSR count). The molecule has 0 amide bonds. The summed E-state index contributed by atoms with van der Waals surface area (Å²) in [4.78, 5) is 0. The smallest absolute Gasteiger partial charge is 0.172 e. The number of para-hydroxylation sites is 1. The number of aromatic nitrogens is 4. The van der Waals surface area contributed by atoms with Gasteiger partial charge in [-0.05, 0) is 50.3 Å². The number of nitrogens with zero attached hydrogens (tertiary/aromatic N) is 4. The number of aryl methyl sites for hydroxylation is 1. The quantitative estimate of drug-likeness (QED) is 0.352. The Bertz CT molecular complexity index is 1230. The van der Waals surface area contributed by atoms with E-state index in [2.05, 4.69) is 27.8 Å². The molecule has 0 saturated heterocycles. The minimum Gasteiger partial charge on any atom is -0.358 e. The molecule has 0 atom stereocenters. The molecule has 0 fully saturated rings. The van der Waals surface area contributed by atoms with Crippen molar-refractivity contribution in [1.29, 1.82) is 0 Å². The highest BCUT2D eigenvalue weighted by molar-refractivity contribution is 7.80. The molecule has 0 aliphatic rings. The van der Waals surface area contributed by atoms with Crippen molar-refractivity contribution in [2.75, 3.05) is 5.32 Å². The lowest BCUT2D eigenvalue weighted by atomic mass is 10.2. The number of benzene rings is 2. The third-order valence-electron chi connectivity index (χ3n) is 5.13. The molecule has 0 bridgehead atoms. The predicted octanol–water partition coefficient (Wildman–Crippen LogP) is 5.53. The minimum atomic E-state index is 0.470. The second-order valence-corrected chi connectivity index (χ2v) is 8.53. The number of rotatable bonds is 6. The zero-order valence-electron chi connectivity index (χ0n) is 17.6. The lowest BCUT2D eigenvalue weighted by Gasteiger charge is -2.10. The van der Waals surface area contributed by atoms with Crippen LogP contribution in [0.15, 0.2) is 60.8 Å².